The summed E-state index contributed by atoms with van der Waals surface area (Å²) in [6.07, 6.45) is 10.0. The lowest BCUT2D eigenvalue weighted by Crippen LogP contribution is -2.35. The van der Waals surface area contributed by atoms with Gasteiger partial charge in [0, 0.05) is 24.3 Å². The molecular formula is C14H21NOS. The predicted molar refractivity (Wildman–Crippen MR) is 70.4 cm³/mol. The lowest BCUT2D eigenvalue weighted by Gasteiger charge is -2.39. The summed E-state index contributed by atoms with van der Waals surface area (Å²) in [5.41, 5.74) is 1.51. The third-order valence-electron chi connectivity index (χ3n) is 4.62. The van der Waals surface area contributed by atoms with Crippen molar-refractivity contribution >= 4 is 11.3 Å². The zero-order chi connectivity index (χ0) is 11.7. The van der Waals surface area contributed by atoms with Crippen LogP contribution in [0.1, 0.15) is 61.6 Å². The van der Waals surface area contributed by atoms with Crippen molar-refractivity contribution in [1.29, 1.82) is 0 Å². The SMILES string of the molecule is OCC1(Cc2nc(C3CCCC3)cs2)CCC1. The minimum Gasteiger partial charge on any atom is -0.396 e. The fraction of sp³-hybridized carbons (Fsp3) is 0.786. The van der Waals surface area contributed by atoms with Crippen molar-refractivity contribution in [2.45, 2.75) is 57.3 Å². The highest BCUT2D eigenvalue weighted by atomic mass is 32.1. The molecule has 3 heteroatoms. The van der Waals surface area contributed by atoms with E-state index in [2.05, 4.69) is 5.38 Å². The highest BCUT2D eigenvalue weighted by molar-refractivity contribution is 7.09. The third-order valence-corrected chi connectivity index (χ3v) is 5.49. The Morgan fingerprint density at radius 3 is 2.65 bits per heavy atom. The van der Waals surface area contributed by atoms with E-state index in [-0.39, 0.29) is 5.41 Å². The maximum atomic E-state index is 9.49. The molecule has 1 N–H and O–H groups in total. The first-order chi connectivity index (χ1) is 8.31. The van der Waals surface area contributed by atoms with Crippen LogP contribution in [-0.2, 0) is 6.42 Å². The van der Waals surface area contributed by atoms with Crippen molar-refractivity contribution in [3.63, 3.8) is 0 Å². The van der Waals surface area contributed by atoms with Crippen LogP contribution in [0.25, 0.3) is 0 Å². The van der Waals surface area contributed by atoms with Gasteiger partial charge in [0.15, 0.2) is 0 Å². The van der Waals surface area contributed by atoms with Crippen molar-refractivity contribution in [2.75, 3.05) is 6.61 Å². The van der Waals surface area contributed by atoms with E-state index in [1.807, 2.05) is 0 Å². The van der Waals surface area contributed by atoms with Crippen molar-refractivity contribution in [2.24, 2.45) is 5.41 Å². The lowest BCUT2D eigenvalue weighted by molar-refractivity contribution is 0.0449. The van der Waals surface area contributed by atoms with Crippen LogP contribution in [0, 0.1) is 5.41 Å². The molecule has 2 nitrogen and oxygen atoms in total. The number of rotatable bonds is 4. The third kappa shape index (κ3) is 2.27. The van der Waals surface area contributed by atoms with Crippen LogP contribution in [0.4, 0.5) is 0 Å². The number of aliphatic hydroxyl groups excluding tert-OH is 1. The number of hydrogen-bond acceptors (Lipinski definition) is 3. The molecule has 17 heavy (non-hydrogen) atoms. The van der Waals surface area contributed by atoms with Gasteiger partial charge in [-0.1, -0.05) is 19.3 Å². The van der Waals surface area contributed by atoms with E-state index in [1.165, 1.54) is 55.6 Å². The van der Waals surface area contributed by atoms with Crippen molar-refractivity contribution in [1.82, 2.24) is 4.98 Å². The summed E-state index contributed by atoms with van der Waals surface area (Å²) in [7, 11) is 0. The topological polar surface area (TPSA) is 33.1 Å². The zero-order valence-electron chi connectivity index (χ0n) is 10.3. The van der Waals surface area contributed by atoms with Gasteiger partial charge in [-0.3, -0.25) is 0 Å². The summed E-state index contributed by atoms with van der Waals surface area (Å²) in [5.74, 6) is 0.728. The molecule has 0 amide bonds. The number of aromatic nitrogens is 1. The molecule has 2 fully saturated rings. The molecule has 2 aliphatic rings. The number of nitrogens with zero attached hydrogens (tertiary/aromatic N) is 1. The minimum atomic E-state index is 0.185. The number of thiazole rings is 1. The van der Waals surface area contributed by atoms with Gasteiger partial charge in [-0.15, -0.1) is 11.3 Å². The van der Waals surface area contributed by atoms with Crippen LogP contribution < -0.4 is 0 Å². The average Bonchev–Trinajstić information content (AvgIpc) is 2.94. The summed E-state index contributed by atoms with van der Waals surface area (Å²) in [4.78, 5) is 4.81. The molecule has 0 aliphatic heterocycles. The Bertz CT molecular complexity index is 372. The maximum absolute atomic E-state index is 9.49. The van der Waals surface area contributed by atoms with Gasteiger partial charge in [0.2, 0.25) is 0 Å². The molecule has 3 rings (SSSR count). The Balaban J connectivity index is 1.67. The van der Waals surface area contributed by atoms with Gasteiger partial charge in [-0.2, -0.15) is 0 Å². The number of hydrogen-bond donors (Lipinski definition) is 1. The molecule has 2 saturated carbocycles. The van der Waals surface area contributed by atoms with Gasteiger partial charge in [-0.05, 0) is 31.1 Å². The predicted octanol–water partition coefficient (Wildman–Crippen LogP) is 3.51. The van der Waals surface area contributed by atoms with Crippen LogP contribution >= 0.6 is 11.3 Å². The van der Waals surface area contributed by atoms with Gasteiger partial charge in [-0.25, -0.2) is 4.98 Å². The van der Waals surface area contributed by atoms with Crippen LogP contribution in [0.3, 0.4) is 0 Å². The highest BCUT2D eigenvalue weighted by Gasteiger charge is 2.37. The first kappa shape index (κ1) is 11.7. The Morgan fingerprint density at radius 1 is 1.29 bits per heavy atom. The molecule has 1 aromatic rings. The van der Waals surface area contributed by atoms with Crippen LogP contribution in [0.5, 0.6) is 0 Å². The quantitative estimate of drug-likeness (QED) is 0.888. The zero-order valence-corrected chi connectivity index (χ0v) is 11.1. The molecule has 0 bridgehead atoms. The van der Waals surface area contributed by atoms with E-state index in [4.69, 9.17) is 4.98 Å². The molecule has 0 spiro atoms. The second-order valence-corrected chi connectivity index (χ2v) is 6.78. The summed E-state index contributed by atoms with van der Waals surface area (Å²) in [5, 5.41) is 13.0. The maximum Gasteiger partial charge on any atom is 0.0934 e. The standard InChI is InChI=1S/C14H21NOS/c16-10-14(6-3-7-14)8-13-15-12(9-17-13)11-4-1-2-5-11/h9,11,16H,1-8,10H2. The Morgan fingerprint density at radius 2 is 2.06 bits per heavy atom. The molecule has 0 unspecified atom stereocenters. The lowest BCUT2D eigenvalue weighted by atomic mass is 9.67. The molecule has 1 heterocycles. The molecule has 1 aromatic heterocycles. The smallest absolute Gasteiger partial charge is 0.0934 e. The average molecular weight is 251 g/mol. The minimum absolute atomic E-state index is 0.185. The van der Waals surface area contributed by atoms with E-state index in [1.54, 1.807) is 11.3 Å². The van der Waals surface area contributed by atoms with E-state index < -0.39 is 0 Å². The summed E-state index contributed by atoms with van der Waals surface area (Å²) >= 11 is 1.81. The van der Waals surface area contributed by atoms with Gasteiger partial charge in [0.25, 0.3) is 0 Å². The van der Waals surface area contributed by atoms with Gasteiger partial charge in [0.1, 0.15) is 0 Å². The largest absolute Gasteiger partial charge is 0.396 e. The summed E-state index contributed by atoms with van der Waals surface area (Å²) in [6, 6.07) is 0. The molecule has 0 radical (unpaired) electrons. The molecule has 0 aromatic carbocycles. The monoisotopic (exact) mass is 251 g/mol. The van der Waals surface area contributed by atoms with Crippen LogP contribution in [0.2, 0.25) is 0 Å². The van der Waals surface area contributed by atoms with Crippen molar-refractivity contribution < 1.29 is 5.11 Å². The summed E-state index contributed by atoms with van der Waals surface area (Å²) < 4.78 is 0. The first-order valence-electron chi connectivity index (χ1n) is 6.86. The Kier molecular flexibility index (Phi) is 3.22. The molecular weight excluding hydrogens is 230 g/mol. The van der Waals surface area contributed by atoms with Crippen molar-refractivity contribution in [3.05, 3.63) is 16.1 Å². The van der Waals surface area contributed by atoms with E-state index >= 15 is 0 Å². The molecule has 2 aliphatic carbocycles. The van der Waals surface area contributed by atoms with Gasteiger partial charge < -0.3 is 5.11 Å². The molecule has 0 saturated heterocycles. The van der Waals surface area contributed by atoms with E-state index in [0.717, 1.165) is 12.3 Å². The Hall–Kier alpha value is -0.410. The van der Waals surface area contributed by atoms with Crippen molar-refractivity contribution in [3.8, 4) is 0 Å². The normalized spacial score (nSPS) is 23.8. The van der Waals surface area contributed by atoms with E-state index in [0.29, 0.717) is 6.61 Å². The highest BCUT2D eigenvalue weighted by Crippen LogP contribution is 2.44. The molecule has 0 atom stereocenters. The van der Waals surface area contributed by atoms with Gasteiger partial charge >= 0.3 is 0 Å². The van der Waals surface area contributed by atoms with E-state index in [9.17, 15) is 5.11 Å². The molecule has 94 valence electrons. The second-order valence-electron chi connectivity index (χ2n) is 5.84. The fourth-order valence-corrected chi connectivity index (χ4v) is 4.25. The van der Waals surface area contributed by atoms with Crippen LogP contribution in [-0.4, -0.2) is 16.7 Å². The second kappa shape index (κ2) is 4.69. The fourth-order valence-electron chi connectivity index (χ4n) is 3.20. The van der Waals surface area contributed by atoms with Gasteiger partial charge in [0.05, 0.1) is 10.7 Å². The first-order valence-corrected chi connectivity index (χ1v) is 7.74. The Labute approximate surface area is 107 Å². The summed E-state index contributed by atoms with van der Waals surface area (Å²) in [6.45, 7) is 0.339. The van der Waals surface area contributed by atoms with Crippen LogP contribution in [0.15, 0.2) is 5.38 Å². The number of aliphatic hydroxyl groups is 1.